The molecule has 0 saturated carbocycles. The number of fused-ring (bicyclic) bond motifs is 1. The molecule has 1 aliphatic rings. The first-order chi connectivity index (χ1) is 16.5. The number of hydrogen-bond acceptors (Lipinski definition) is 4. The lowest BCUT2D eigenvalue weighted by Gasteiger charge is -2.37. The van der Waals surface area contributed by atoms with E-state index in [1.54, 1.807) is 28.4 Å². The molecule has 1 aliphatic heterocycles. The highest BCUT2D eigenvalue weighted by Crippen LogP contribution is 2.34. The molecule has 0 bridgehead atoms. The van der Waals surface area contributed by atoms with E-state index in [1.807, 2.05) is 55.1 Å². The summed E-state index contributed by atoms with van der Waals surface area (Å²) in [5.74, 6) is 0.549. The van der Waals surface area contributed by atoms with E-state index in [9.17, 15) is 9.59 Å². The molecule has 2 heterocycles. The Morgan fingerprint density at radius 1 is 1.18 bits per heavy atom. The number of thiophene rings is 1. The van der Waals surface area contributed by atoms with Crippen molar-refractivity contribution in [2.24, 2.45) is 0 Å². The minimum Gasteiger partial charge on any atom is -0.491 e. The normalized spacial score (nSPS) is 15.0. The molecule has 0 aliphatic carbocycles. The van der Waals surface area contributed by atoms with Gasteiger partial charge in [-0.05, 0) is 72.7 Å². The van der Waals surface area contributed by atoms with Crippen molar-refractivity contribution in [3.8, 4) is 5.75 Å². The summed E-state index contributed by atoms with van der Waals surface area (Å²) in [6.45, 7) is 5.49. The van der Waals surface area contributed by atoms with Gasteiger partial charge in [-0.25, -0.2) is 0 Å². The molecule has 1 atom stereocenters. The van der Waals surface area contributed by atoms with Crippen molar-refractivity contribution in [1.82, 2.24) is 9.80 Å². The molecule has 0 unspecified atom stereocenters. The Balaban J connectivity index is 1.52. The number of nitrogens with zero attached hydrogens (tertiary/aromatic N) is 2. The predicted octanol–water partition coefficient (Wildman–Crippen LogP) is 5.77. The minimum atomic E-state index is -0.200. The number of aryl methyl sites for hydroxylation is 1. The van der Waals surface area contributed by atoms with Gasteiger partial charge in [0, 0.05) is 28.6 Å². The monoisotopic (exact) mass is 496 g/mol. The standard InChI is InChI=1S/C27H29ClN2O3S/c1-3-13-29(27(32)20-7-5-4-6-8-20)17-26(31)30-14-11-25-22(12-15-34-25)24(30)18-33-21-9-10-23(28)19(2)16-21/h4-10,12,15-16,24H,3,11,13-14,17-18H2,1-2H3/t24-/m0/s1. The first-order valence-electron chi connectivity index (χ1n) is 11.6. The van der Waals surface area contributed by atoms with Crippen molar-refractivity contribution in [1.29, 1.82) is 0 Å². The second-order valence-electron chi connectivity index (χ2n) is 8.47. The summed E-state index contributed by atoms with van der Waals surface area (Å²) in [7, 11) is 0. The third-order valence-corrected chi connectivity index (χ3v) is 7.50. The van der Waals surface area contributed by atoms with E-state index in [4.69, 9.17) is 16.3 Å². The number of hydrogen-bond donors (Lipinski definition) is 0. The van der Waals surface area contributed by atoms with E-state index in [2.05, 4.69) is 11.4 Å². The van der Waals surface area contributed by atoms with Crippen LogP contribution >= 0.6 is 22.9 Å². The Hall–Kier alpha value is -2.83. The van der Waals surface area contributed by atoms with Crippen molar-refractivity contribution in [3.05, 3.63) is 86.6 Å². The fourth-order valence-electron chi connectivity index (χ4n) is 4.30. The molecule has 5 nitrogen and oxygen atoms in total. The molecule has 0 N–H and O–H groups in total. The van der Waals surface area contributed by atoms with Crippen molar-refractivity contribution < 1.29 is 14.3 Å². The van der Waals surface area contributed by atoms with Crippen molar-refractivity contribution in [3.63, 3.8) is 0 Å². The molecule has 2 amide bonds. The second kappa shape index (κ2) is 11.1. The van der Waals surface area contributed by atoms with Crippen molar-refractivity contribution in [2.45, 2.75) is 32.7 Å². The smallest absolute Gasteiger partial charge is 0.254 e. The van der Waals surface area contributed by atoms with E-state index in [1.165, 1.54) is 4.88 Å². The maximum absolute atomic E-state index is 13.5. The fraction of sp³-hybridized carbons (Fsp3) is 0.333. The zero-order valence-electron chi connectivity index (χ0n) is 19.5. The maximum atomic E-state index is 13.5. The van der Waals surface area contributed by atoms with E-state index >= 15 is 0 Å². The van der Waals surface area contributed by atoms with Crippen molar-refractivity contribution in [2.75, 3.05) is 26.2 Å². The van der Waals surface area contributed by atoms with Crippen LogP contribution in [-0.2, 0) is 11.2 Å². The number of rotatable bonds is 8. The van der Waals surface area contributed by atoms with Gasteiger partial charge in [-0.15, -0.1) is 11.3 Å². The average molecular weight is 497 g/mol. The molecule has 0 spiro atoms. The minimum absolute atomic E-state index is 0.0532. The van der Waals surface area contributed by atoms with Crippen LogP contribution in [0.4, 0.5) is 0 Å². The van der Waals surface area contributed by atoms with Crippen molar-refractivity contribution >= 4 is 34.8 Å². The summed E-state index contributed by atoms with van der Waals surface area (Å²) in [6, 6.07) is 16.6. The van der Waals surface area contributed by atoms with Gasteiger partial charge >= 0.3 is 0 Å². The second-order valence-corrected chi connectivity index (χ2v) is 9.87. The maximum Gasteiger partial charge on any atom is 0.254 e. The van der Waals surface area contributed by atoms with Gasteiger partial charge in [0.2, 0.25) is 5.91 Å². The number of carbonyl (C=O) groups is 2. The SMILES string of the molecule is CCCN(CC(=O)N1CCc2sccc2[C@@H]1COc1ccc(Cl)c(C)c1)C(=O)c1ccccc1. The van der Waals surface area contributed by atoms with Crippen LogP contribution in [0.25, 0.3) is 0 Å². The molecule has 34 heavy (non-hydrogen) atoms. The van der Waals surface area contributed by atoms with E-state index in [0.29, 0.717) is 30.3 Å². The lowest BCUT2D eigenvalue weighted by Crippen LogP contribution is -2.48. The predicted molar refractivity (Wildman–Crippen MR) is 137 cm³/mol. The summed E-state index contributed by atoms with van der Waals surface area (Å²) in [5.41, 5.74) is 2.67. The summed E-state index contributed by atoms with van der Waals surface area (Å²) in [6.07, 6.45) is 1.60. The lowest BCUT2D eigenvalue weighted by molar-refractivity contribution is -0.135. The van der Waals surface area contributed by atoms with Crippen LogP contribution in [-0.4, -0.2) is 47.9 Å². The highest BCUT2D eigenvalue weighted by atomic mass is 35.5. The Bertz CT molecular complexity index is 1150. The first-order valence-corrected chi connectivity index (χ1v) is 12.8. The van der Waals surface area contributed by atoms with Gasteiger partial charge < -0.3 is 14.5 Å². The van der Waals surface area contributed by atoms with Gasteiger partial charge in [0.15, 0.2) is 0 Å². The van der Waals surface area contributed by atoms with Crippen LogP contribution in [0, 0.1) is 6.92 Å². The molecular weight excluding hydrogens is 468 g/mol. The van der Waals surface area contributed by atoms with Gasteiger partial charge in [0.25, 0.3) is 5.91 Å². The molecule has 0 saturated heterocycles. The topological polar surface area (TPSA) is 49.9 Å². The average Bonchev–Trinajstić information content (AvgIpc) is 3.33. The van der Waals surface area contributed by atoms with Gasteiger partial charge in [-0.1, -0.05) is 36.7 Å². The Morgan fingerprint density at radius 3 is 2.71 bits per heavy atom. The largest absolute Gasteiger partial charge is 0.491 e. The first kappa shape index (κ1) is 24.3. The highest BCUT2D eigenvalue weighted by molar-refractivity contribution is 7.10. The van der Waals surface area contributed by atoms with Crippen LogP contribution in [0.5, 0.6) is 5.75 Å². The number of amides is 2. The number of benzene rings is 2. The van der Waals surface area contributed by atoms with Crippen LogP contribution < -0.4 is 4.74 Å². The Labute approximate surface area is 209 Å². The molecule has 178 valence electrons. The number of ether oxygens (including phenoxy) is 1. The third kappa shape index (κ3) is 5.45. The summed E-state index contributed by atoms with van der Waals surface area (Å²) in [4.78, 5) is 31.4. The zero-order chi connectivity index (χ0) is 24.1. The molecule has 3 aromatic rings. The number of halogens is 1. The van der Waals surface area contributed by atoms with Gasteiger partial charge in [-0.2, -0.15) is 0 Å². The molecule has 4 rings (SSSR count). The molecule has 1 aromatic heterocycles. The molecule has 0 fully saturated rings. The van der Waals surface area contributed by atoms with E-state index in [0.717, 1.165) is 29.7 Å². The van der Waals surface area contributed by atoms with Gasteiger partial charge in [0.05, 0.1) is 6.04 Å². The Morgan fingerprint density at radius 2 is 1.97 bits per heavy atom. The highest BCUT2D eigenvalue weighted by Gasteiger charge is 2.33. The van der Waals surface area contributed by atoms with Gasteiger partial charge in [-0.3, -0.25) is 9.59 Å². The van der Waals surface area contributed by atoms with Gasteiger partial charge in [0.1, 0.15) is 18.9 Å². The molecular formula is C27H29ClN2O3S. The zero-order valence-corrected chi connectivity index (χ0v) is 21.1. The molecule has 0 radical (unpaired) electrons. The molecule has 7 heteroatoms. The fourth-order valence-corrected chi connectivity index (χ4v) is 5.34. The lowest BCUT2D eigenvalue weighted by atomic mass is 10.00. The van der Waals surface area contributed by atoms with E-state index < -0.39 is 0 Å². The van der Waals surface area contributed by atoms with Crippen LogP contribution in [0.2, 0.25) is 5.02 Å². The third-order valence-electron chi connectivity index (χ3n) is 6.08. The summed E-state index contributed by atoms with van der Waals surface area (Å²) >= 11 is 7.87. The van der Waals surface area contributed by atoms with Crippen LogP contribution in [0.15, 0.2) is 60.0 Å². The van der Waals surface area contributed by atoms with Crippen LogP contribution in [0.3, 0.4) is 0 Å². The molecule has 2 aromatic carbocycles. The summed E-state index contributed by atoms with van der Waals surface area (Å²) in [5, 5.41) is 2.77. The van der Waals surface area contributed by atoms with E-state index in [-0.39, 0.29) is 24.4 Å². The summed E-state index contributed by atoms with van der Waals surface area (Å²) < 4.78 is 6.13. The van der Waals surface area contributed by atoms with Crippen LogP contribution in [0.1, 0.15) is 45.7 Å². The number of carbonyl (C=O) groups excluding carboxylic acids is 2. The quantitative estimate of drug-likeness (QED) is 0.398. The Kier molecular flexibility index (Phi) is 7.91.